The molecule has 5 atom stereocenters. The quantitative estimate of drug-likeness (QED) is 0.836. The van der Waals surface area contributed by atoms with E-state index in [2.05, 4.69) is 19.2 Å². The third kappa shape index (κ3) is 3.33. The highest BCUT2D eigenvalue weighted by Crippen LogP contribution is 2.33. The van der Waals surface area contributed by atoms with Gasteiger partial charge in [0.25, 0.3) is 0 Å². The fourth-order valence-electron chi connectivity index (χ4n) is 3.82. The molecule has 1 amide bonds. The van der Waals surface area contributed by atoms with Gasteiger partial charge in [-0.25, -0.2) is 0 Å². The molecule has 2 aliphatic rings. The van der Waals surface area contributed by atoms with Gasteiger partial charge in [-0.3, -0.25) is 9.59 Å². The molecule has 2 rings (SSSR count). The van der Waals surface area contributed by atoms with Gasteiger partial charge in [0.15, 0.2) is 0 Å². The molecule has 0 aromatic carbocycles. The summed E-state index contributed by atoms with van der Waals surface area (Å²) in [4.78, 5) is 23.8. The average molecular weight is 281 g/mol. The maximum atomic E-state index is 12.5. The predicted octanol–water partition coefficient (Wildman–Crippen LogP) is 2.82. The van der Waals surface area contributed by atoms with E-state index in [1.165, 1.54) is 6.42 Å². The fourth-order valence-corrected chi connectivity index (χ4v) is 3.82. The monoisotopic (exact) mass is 281 g/mol. The number of nitrogens with one attached hydrogen (secondary N) is 1. The number of aliphatic carboxylic acids is 1. The second-order valence-electron chi connectivity index (χ2n) is 6.72. The molecule has 0 aromatic rings. The topological polar surface area (TPSA) is 66.4 Å². The Bertz CT molecular complexity index is 369. The van der Waals surface area contributed by atoms with Crippen molar-refractivity contribution in [1.82, 2.24) is 5.32 Å². The summed E-state index contributed by atoms with van der Waals surface area (Å²) < 4.78 is 0. The molecule has 2 aliphatic carbocycles. The van der Waals surface area contributed by atoms with Crippen LogP contribution in [0, 0.1) is 23.7 Å². The van der Waals surface area contributed by atoms with Crippen molar-refractivity contribution in [1.29, 1.82) is 0 Å². The summed E-state index contributed by atoms with van der Waals surface area (Å²) >= 11 is 0. The van der Waals surface area contributed by atoms with Crippen LogP contribution in [-0.2, 0) is 9.59 Å². The van der Waals surface area contributed by atoms with Gasteiger partial charge in [0.2, 0.25) is 5.91 Å². The highest BCUT2D eigenvalue weighted by Gasteiger charge is 2.37. The Morgan fingerprint density at radius 3 is 2.25 bits per heavy atom. The Kier molecular flexibility index (Phi) is 5.06. The lowest BCUT2D eigenvalue weighted by molar-refractivity contribution is -0.149. The molecular weight excluding hydrogens is 254 g/mol. The minimum absolute atomic E-state index is 0.0250. The number of rotatable bonds is 3. The predicted molar refractivity (Wildman–Crippen MR) is 77.2 cm³/mol. The summed E-state index contributed by atoms with van der Waals surface area (Å²) in [7, 11) is 0. The van der Waals surface area contributed by atoms with Crippen molar-refractivity contribution in [3.05, 3.63) is 0 Å². The van der Waals surface area contributed by atoms with Gasteiger partial charge in [0.05, 0.1) is 11.8 Å². The first-order valence-corrected chi connectivity index (χ1v) is 8.04. The van der Waals surface area contributed by atoms with Crippen LogP contribution in [0.25, 0.3) is 0 Å². The summed E-state index contributed by atoms with van der Waals surface area (Å²) in [5.41, 5.74) is 0. The highest BCUT2D eigenvalue weighted by atomic mass is 16.4. The maximum absolute atomic E-state index is 12.5. The second kappa shape index (κ2) is 6.59. The number of hydrogen-bond donors (Lipinski definition) is 2. The van der Waals surface area contributed by atoms with Crippen LogP contribution in [0.4, 0.5) is 0 Å². The third-order valence-electron chi connectivity index (χ3n) is 5.45. The first kappa shape index (κ1) is 15.3. The maximum Gasteiger partial charge on any atom is 0.307 e. The summed E-state index contributed by atoms with van der Waals surface area (Å²) in [6.07, 6.45) is 6.68. The van der Waals surface area contributed by atoms with E-state index in [0.29, 0.717) is 18.3 Å². The summed E-state index contributed by atoms with van der Waals surface area (Å²) in [6.45, 7) is 4.44. The van der Waals surface area contributed by atoms with Crippen LogP contribution < -0.4 is 5.32 Å². The molecular formula is C16H27NO3. The molecule has 2 N–H and O–H groups in total. The second-order valence-corrected chi connectivity index (χ2v) is 6.72. The van der Waals surface area contributed by atoms with E-state index in [0.717, 1.165) is 32.1 Å². The lowest BCUT2D eigenvalue weighted by Gasteiger charge is -2.36. The number of carbonyl (C=O) groups is 2. The van der Waals surface area contributed by atoms with E-state index in [-0.39, 0.29) is 17.9 Å². The van der Waals surface area contributed by atoms with Crippen molar-refractivity contribution in [3.63, 3.8) is 0 Å². The van der Waals surface area contributed by atoms with Crippen molar-refractivity contribution >= 4 is 11.9 Å². The smallest absolute Gasteiger partial charge is 0.307 e. The summed E-state index contributed by atoms with van der Waals surface area (Å²) in [6, 6.07) is 0.225. The van der Waals surface area contributed by atoms with Gasteiger partial charge in [-0.1, -0.05) is 39.5 Å². The van der Waals surface area contributed by atoms with Gasteiger partial charge < -0.3 is 10.4 Å². The number of carboxylic acids is 1. The van der Waals surface area contributed by atoms with Crippen molar-refractivity contribution in [2.45, 2.75) is 64.8 Å². The average Bonchev–Trinajstić information content (AvgIpc) is 2.43. The SMILES string of the molecule is C[C@@H]1[C@H](C)CCC[C@@H]1NC(=O)[C@@H]1CCCC[C@H]1C(=O)O. The standard InChI is InChI=1S/C16H27NO3/c1-10-6-5-9-14(11(10)2)17-15(18)12-7-3-4-8-13(12)16(19)20/h10-14H,3-9H2,1-2H3,(H,17,18)(H,19,20)/t10-,11-,12-,13-,14+/m1/s1. The van der Waals surface area contributed by atoms with Crippen LogP contribution in [0.15, 0.2) is 0 Å². The van der Waals surface area contributed by atoms with E-state index >= 15 is 0 Å². The molecule has 0 spiro atoms. The first-order valence-electron chi connectivity index (χ1n) is 8.04. The Hall–Kier alpha value is -1.06. The van der Waals surface area contributed by atoms with Crippen LogP contribution in [0.3, 0.4) is 0 Å². The molecule has 2 saturated carbocycles. The largest absolute Gasteiger partial charge is 0.481 e. The van der Waals surface area contributed by atoms with Crippen LogP contribution in [-0.4, -0.2) is 23.0 Å². The van der Waals surface area contributed by atoms with Crippen LogP contribution in [0.5, 0.6) is 0 Å². The number of carbonyl (C=O) groups excluding carboxylic acids is 1. The molecule has 0 heterocycles. The zero-order valence-corrected chi connectivity index (χ0v) is 12.6. The Morgan fingerprint density at radius 2 is 1.60 bits per heavy atom. The summed E-state index contributed by atoms with van der Waals surface area (Å²) in [5, 5.41) is 12.4. The van der Waals surface area contributed by atoms with Gasteiger partial charge in [0, 0.05) is 6.04 Å². The zero-order valence-electron chi connectivity index (χ0n) is 12.6. The third-order valence-corrected chi connectivity index (χ3v) is 5.45. The molecule has 114 valence electrons. The number of amides is 1. The number of hydrogen-bond acceptors (Lipinski definition) is 2. The Morgan fingerprint density at radius 1 is 0.950 bits per heavy atom. The lowest BCUT2D eigenvalue weighted by Crippen LogP contribution is -2.48. The molecule has 4 nitrogen and oxygen atoms in total. The minimum atomic E-state index is -0.810. The normalized spacial score (nSPS) is 38.2. The zero-order chi connectivity index (χ0) is 14.7. The van der Waals surface area contributed by atoms with Crippen LogP contribution in [0.1, 0.15) is 58.8 Å². The van der Waals surface area contributed by atoms with Crippen molar-refractivity contribution < 1.29 is 14.7 Å². The molecule has 20 heavy (non-hydrogen) atoms. The molecule has 0 aromatic heterocycles. The van der Waals surface area contributed by atoms with Crippen LogP contribution >= 0.6 is 0 Å². The van der Waals surface area contributed by atoms with Gasteiger partial charge in [-0.15, -0.1) is 0 Å². The van der Waals surface area contributed by atoms with Gasteiger partial charge in [0.1, 0.15) is 0 Å². The highest BCUT2D eigenvalue weighted by molar-refractivity contribution is 5.85. The first-order chi connectivity index (χ1) is 9.50. The Balaban J connectivity index is 1.97. The fraction of sp³-hybridized carbons (Fsp3) is 0.875. The Labute approximate surface area is 121 Å². The molecule has 0 aliphatic heterocycles. The lowest BCUT2D eigenvalue weighted by atomic mass is 9.76. The van der Waals surface area contributed by atoms with Gasteiger partial charge in [-0.2, -0.15) is 0 Å². The van der Waals surface area contributed by atoms with Gasteiger partial charge >= 0.3 is 5.97 Å². The van der Waals surface area contributed by atoms with E-state index in [1.54, 1.807) is 0 Å². The number of carboxylic acid groups (broad SMARTS) is 1. The van der Waals surface area contributed by atoms with Crippen molar-refractivity contribution in [2.75, 3.05) is 0 Å². The van der Waals surface area contributed by atoms with Crippen molar-refractivity contribution in [2.24, 2.45) is 23.7 Å². The van der Waals surface area contributed by atoms with Gasteiger partial charge in [-0.05, 0) is 31.1 Å². The molecule has 0 unspecified atom stereocenters. The van der Waals surface area contributed by atoms with E-state index < -0.39 is 11.9 Å². The van der Waals surface area contributed by atoms with E-state index in [4.69, 9.17) is 0 Å². The molecule has 0 radical (unpaired) electrons. The summed E-state index contributed by atoms with van der Waals surface area (Å²) in [5.74, 6) is -0.529. The minimum Gasteiger partial charge on any atom is -0.481 e. The molecule has 0 bridgehead atoms. The molecule has 4 heteroatoms. The molecule has 2 fully saturated rings. The van der Waals surface area contributed by atoms with Crippen molar-refractivity contribution in [3.8, 4) is 0 Å². The van der Waals surface area contributed by atoms with E-state index in [9.17, 15) is 14.7 Å². The molecule has 0 saturated heterocycles. The van der Waals surface area contributed by atoms with Crippen LogP contribution in [0.2, 0.25) is 0 Å². The van der Waals surface area contributed by atoms with E-state index in [1.807, 2.05) is 0 Å².